The van der Waals surface area contributed by atoms with Crippen LogP contribution in [-0.4, -0.2) is 35.5 Å². The van der Waals surface area contributed by atoms with Crippen molar-refractivity contribution in [1.82, 2.24) is 0 Å². The van der Waals surface area contributed by atoms with Crippen LogP contribution in [0.5, 0.6) is 0 Å². The fraction of sp³-hybridized carbons (Fsp3) is 0.667. The van der Waals surface area contributed by atoms with Crippen molar-refractivity contribution >= 4 is 23.9 Å². The summed E-state index contributed by atoms with van der Waals surface area (Å²) in [6.45, 7) is 6.15. The van der Waals surface area contributed by atoms with Crippen molar-refractivity contribution in [2.75, 3.05) is 0 Å². The molecular weight excluding hydrogens is 344 g/mol. The smallest absolute Gasteiger partial charge is 0.348 e. The maximum atomic E-state index is 11.7. The molecule has 1 aliphatic carbocycles. The Kier molecular flexibility index (Phi) is 5.73. The van der Waals surface area contributed by atoms with E-state index in [2.05, 4.69) is 9.47 Å². The summed E-state index contributed by atoms with van der Waals surface area (Å²) in [5.74, 6) is -4.32. The number of esters is 4. The molecule has 8 heteroatoms. The number of ether oxygens (including phenoxy) is 4. The lowest BCUT2D eigenvalue weighted by molar-refractivity contribution is -0.231. The predicted molar refractivity (Wildman–Crippen MR) is 87.3 cm³/mol. The Balaban J connectivity index is 0.000000209. The van der Waals surface area contributed by atoms with Crippen molar-refractivity contribution in [2.45, 2.75) is 77.8 Å². The van der Waals surface area contributed by atoms with E-state index in [0.29, 0.717) is 0 Å². The highest BCUT2D eigenvalue weighted by molar-refractivity contribution is 6.16. The van der Waals surface area contributed by atoms with Gasteiger partial charge in [0, 0.05) is 27.7 Å². The number of hydrogen-bond acceptors (Lipinski definition) is 8. The Bertz CT molecular complexity index is 608. The van der Waals surface area contributed by atoms with Gasteiger partial charge in [-0.15, -0.1) is 0 Å². The van der Waals surface area contributed by atoms with Gasteiger partial charge >= 0.3 is 23.9 Å². The number of rotatable bonds is 0. The van der Waals surface area contributed by atoms with Gasteiger partial charge in [0.1, 0.15) is 12.0 Å². The number of cyclic esters (lactones) is 4. The van der Waals surface area contributed by atoms with Gasteiger partial charge in [-0.05, 0) is 31.3 Å². The average Bonchev–Trinajstić information content (AvgIpc) is 2.44. The Labute approximate surface area is 151 Å². The molecule has 3 fully saturated rings. The van der Waals surface area contributed by atoms with E-state index in [4.69, 9.17) is 9.47 Å². The van der Waals surface area contributed by atoms with E-state index in [1.54, 1.807) is 13.8 Å². The Morgan fingerprint density at radius 3 is 1.50 bits per heavy atom. The van der Waals surface area contributed by atoms with Crippen LogP contribution in [0.25, 0.3) is 0 Å². The molecule has 0 aromatic heterocycles. The van der Waals surface area contributed by atoms with Gasteiger partial charge in [0.2, 0.25) is 0 Å². The third kappa shape index (κ3) is 5.31. The fourth-order valence-corrected chi connectivity index (χ4v) is 2.93. The average molecular weight is 368 g/mol. The first-order valence-electron chi connectivity index (χ1n) is 8.61. The molecule has 0 aromatic carbocycles. The van der Waals surface area contributed by atoms with E-state index in [1.165, 1.54) is 13.8 Å². The maximum absolute atomic E-state index is 11.7. The third-order valence-corrected chi connectivity index (χ3v) is 3.90. The summed E-state index contributed by atoms with van der Waals surface area (Å²) >= 11 is 0. The normalized spacial score (nSPS) is 24.5. The lowest BCUT2D eigenvalue weighted by Gasteiger charge is -2.31. The molecule has 3 aliphatic rings. The molecule has 0 bridgehead atoms. The van der Waals surface area contributed by atoms with Gasteiger partial charge in [-0.1, -0.05) is 6.42 Å². The molecule has 3 rings (SSSR count). The standard InChI is InChI=1S/C12H16O4.C6H8O4/c1-12(2)15-10(13)9(11(14)16-12)8-6-4-3-5-7-8;1-6(2)9-4(7)3-5(8)10-6/h3-7H2,1-2H3;3H2,1-2H3. The largest absolute Gasteiger partial charge is 0.423 e. The molecule has 8 nitrogen and oxygen atoms in total. The van der Waals surface area contributed by atoms with E-state index >= 15 is 0 Å². The summed E-state index contributed by atoms with van der Waals surface area (Å²) in [6.07, 6.45) is 4.56. The van der Waals surface area contributed by atoms with Crippen molar-refractivity contribution in [2.24, 2.45) is 0 Å². The van der Waals surface area contributed by atoms with Crippen LogP contribution >= 0.6 is 0 Å². The van der Waals surface area contributed by atoms with Crippen LogP contribution in [0.2, 0.25) is 0 Å². The first-order chi connectivity index (χ1) is 12.0. The zero-order valence-corrected chi connectivity index (χ0v) is 15.5. The van der Waals surface area contributed by atoms with Crippen LogP contribution in [0.15, 0.2) is 11.1 Å². The van der Waals surface area contributed by atoms with Crippen LogP contribution in [0.3, 0.4) is 0 Å². The highest BCUT2D eigenvalue weighted by Crippen LogP contribution is 2.31. The molecule has 0 amide bonds. The first kappa shape index (κ1) is 19.9. The second kappa shape index (κ2) is 7.47. The lowest BCUT2D eigenvalue weighted by Crippen LogP contribution is -2.42. The van der Waals surface area contributed by atoms with E-state index in [0.717, 1.165) is 37.7 Å². The Morgan fingerprint density at radius 1 is 0.654 bits per heavy atom. The van der Waals surface area contributed by atoms with Crippen molar-refractivity contribution in [1.29, 1.82) is 0 Å². The van der Waals surface area contributed by atoms with Gasteiger partial charge in [-0.2, -0.15) is 0 Å². The second-order valence-corrected chi connectivity index (χ2v) is 7.24. The van der Waals surface area contributed by atoms with E-state index < -0.39 is 35.5 Å². The van der Waals surface area contributed by atoms with Crippen LogP contribution in [0.1, 0.15) is 66.2 Å². The van der Waals surface area contributed by atoms with Crippen LogP contribution in [0, 0.1) is 0 Å². The minimum Gasteiger partial charge on any atom is -0.423 e. The third-order valence-electron chi connectivity index (χ3n) is 3.90. The summed E-state index contributed by atoms with van der Waals surface area (Å²) < 4.78 is 19.5. The predicted octanol–water partition coefficient (Wildman–Crippen LogP) is 2.30. The molecule has 0 unspecified atom stereocenters. The summed E-state index contributed by atoms with van der Waals surface area (Å²) in [7, 11) is 0. The summed E-state index contributed by atoms with van der Waals surface area (Å²) in [5, 5.41) is 0. The molecule has 2 saturated heterocycles. The molecule has 0 spiro atoms. The van der Waals surface area contributed by atoms with E-state index in [-0.39, 0.29) is 12.0 Å². The summed E-state index contributed by atoms with van der Waals surface area (Å²) in [4.78, 5) is 44.6. The SMILES string of the molecule is CC1(C)OC(=O)C(=C2CCCCC2)C(=O)O1.CC1(C)OC(=O)CC(=O)O1. The number of allylic oxidation sites excluding steroid dienone is 1. The van der Waals surface area contributed by atoms with E-state index in [9.17, 15) is 19.2 Å². The zero-order chi connectivity index (χ0) is 19.5. The van der Waals surface area contributed by atoms with Gasteiger partial charge in [0.15, 0.2) is 0 Å². The minimum atomic E-state index is -1.13. The van der Waals surface area contributed by atoms with Crippen molar-refractivity contribution in [3.05, 3.63) is 11.1 Å². The van der Waals surface area contributed by atoms with Gasteiger partial charge in [0.05, 0.1) is 0 Å². The zero-order valence-electron chi connectivity index (χ0n) is 15.5. The molecule has 1 saturated carbocycles. The van der Waals surface area contributed by atoms with Crippen molar-refractivity contribution < 1.29 is 38.1 Å². The van der Waals surface area contributed by atoms with Gasteiger partial charge in [0.25, 0.3) is 11.6 Å². The van der Waals surface area contributed by atoms with E-state index in [1.807, 2.05) is 0 Å². The van der Waals surface area contributed by atoms with Crippen molar-refractivity contribution in [3.63, 3.8) is 0 Å². The van der Waals surface area contributed by atoms with Crippen LogP contribution in [-0.2, 0) is 38.1 Å². The molecule has 2 heterocycles. The topological polar surface area (TPSA) is 105 Å². The van der Waals surface area contributed by atoms with Gasteiger partial charge in [-0.25, -0.2) is 9.59 Å². The van der Waals surface area contributed by atoms with Crippen LogP contribution < -0.4 is 0 Å². The number of carbonyl (C=O) groups is 4. The lowest BCUT2D eigenvalue weighted by atomic mass is 9.90. The second-order valence-electron chi connectivity index (χ2n) is 7.24. The number of carbonyl (C=O) groups excluding carboxylic acids is 4. The molecule has 26 heavy (non-hydrogen) atoms. The quantitative estimate of drug-likeness (QED) is 0.278. The Morgan fingerprint density at radius 2 is 1.08 bits per heavy atom. The highest BCUT2D eigenvalue weighted by atomic mass is 16.7. The molecule has 0 radical (unpaired) electrons. The van der Waals surface area contributed by atoms with Crippen LogP contribution in [0.4, 0.5) is 0 Å². The Hall–Kier alpha value is -2.38. The van der Waals surface area contributed by atoms with Gasteiger partial charge < -0.3 is 18.9 Å². The maximum Gasteiger partial charge on any atom is 0.348 e. The monoisotopic (exact) mass is 368 g/mol. The summed E-state index contributed by atoms with van der Waals surface area (Å²) in [6, 6.07) is 0. The molecule has 0 aromatic rings. The molecule has 0 N–H and O–H groups in total. The fourth-order valence-electron chi connectivity index (χ4n) is 2.93. The summed E-state index contributed by atoms with van der Waals surface area (Å²) in [5.41, 5.74) is 1.04. The molecular formula is C18H24O8. The number of hydrogen-bond donors (Lipinski definition) is 0. The molecule has 2 aliphatic heterocycles. The van der Waals surface area contributed by atoms with Crippen molar-refractivity contribution in [3.8, 4) is 0 Å². The van der Waals surface area contributed by atoms with Gasteiger partial charge in [-0.3, -0.25) is 9.59 Å². The molecule has 144 valence electrons. The molecule has 0 atom stereocenters. The highest BCUT2D eigenvalue weighted by Gasteiger charge is 2.40. The first-order valence-corrected chi connectivity index (χ1v) is 8.61. The minimum absolute atomic E-state index is 0.138.